The highest BCUT2D eigenvalue weighted by atomic mass is 16.4. The van der Waals surface area contributed by atoms with Gasteiger partial charge < -0.3 is 26.8 Å². The molecule has 0 radical (unpaired) electrons. The van der Waals surface area contributed by atoms with Crippen molar-refractivity contribution in [1.29, 1.82) is 0 Å². The SMILES string of the molecule is CC(O)[C@H](CC(=O)C[C@@H](CC(N)=O)C(=O)NN(C)C[C@@H](N)CO)C(=O)O. The second-order valence-electron chi connectivity index (χ2n) is 6.30. The second kappa shape index (κ2) is 11.5. The van der Waals surface area contributed by atoms with Gasteiger partial charge in [0.1, 0.15) is 5.78 Å². The third-order valence-electron chi connectivity index (χ3n) is 3.68. The van der Waals surface area contributed by atoms with E-state index >= 15 is 0 Å². The Morgan fingerprint density at radius 3 is 2.15 bits per heavy atom. The van der Waals surface area contributed by atoms with Crippen molar-refractivity contribution >= 4 is 23.6 Å². The van der Waals surface area contributed by atoms with Gasteiger partial charge in [0.05, 0.1) is 24.5 Å². The summed E-state index contributed by atoms with van der Waals surface area (Å²) in [5.41, 5.74) is 13.1. The van der Waals surface area contributed by atoms with E-state index in [0.717, 1.165) is 0 Å². The highest BCUT2D eigenvalue weighted by Crippen LogP contribution is 2.16. The maximum atomic E-state index is 12.3. The van der Waals surface area contributed by atoms with Gasteiger partial charge in [0.2, 0.25) is 11.8 Å². The van der Waals surface area contributed by atoms with Crippen molar-refractivity contribution in [3.8, 4) is 0 Å². The first-order valence-electron chi connectivity index (χ1n) is 8.06. The molecule has 1 unspecified atom stereocenters. The average molecular weight is 376 g/mol. The number of primary amides is 1. The van der Waals surface area contributed by atoms with Crippen LogP contribution in [0.4, 0.5) is 0 Å². The number of aliphatic carboxylic acids is 1. The zero-order chi connectivity index (χ0) is 20.4. The summed E-state index contributed by atoms with van der Waals surface area (Å²) in [6.45, 7) is 1.08. The van der Waals surface area contributed by atoms with Gasteiger partial charge in [-0.05, 0) is 6.92 Å². The Kier molecular flexibility index (Phi) is 10.6. The molecule has 0 aromatic heterocycles. The smallest absolute Gasteiger partial charge is 0.309 e. The molecular formula is C15H28N4O7. The molecule has 2 amide bonds. The summed E-state index contributed by atoms with van der Waals surface area (Å²) in [7, 11) is 1.49. The van der Waals surface area contributed by atoms with E-state index in [1.54, 1.807) is 0 Å². The fraction of sp³-hybridized carbons (Fsp3) is 0.733. The van der Waals surface area contributed by atoms with Crippen LogP contribution in [0.3, 0.4) is 0 Å². The Morgan fingerprint density at radius 1 is 1.15 bits per heavy atom. The van der Waals surface area contributed by atoms with E-state index < -0.39 is 66.8 Å². The van der Waals surface area contributed by atoms with Crippen LogP contribution in [0.2, 0.25) is 0 Å². The molecule has 0 rings (SSSR count). The van der Waals surface area contributed by atoms with Crippen molar-refractivity contribution in [2.24, 2.45) is 23.3 Å². The van der Waals surface area contributed by atoms with Crippen molar-refractivity contribution in [1.82, 2.24) is 10.4 Å². The molecule has 8 N–H and O–H groups in total. The van der Waals surface area contributed by atoms with Gasteiger partial charge in [-0.2, -0.15) is 0 Å². The lowest BCUT2D eigenvalue weighted by Crippen LogP contribution is -2.49. The summed E-state index contributed by atoms with van der Waals surface area (Å²) < 4.78 is 0. The molecule has 11 nitrogen and oxygen atoms in total. The van der Waals surface area contributed by atoms with E-state index in [2.05, 4.69) is 5.43 Å². The van der Waals surface area contributed by atoms with Crippen LogP contribution in [0, 0.1) is 11.8 Å². The zero-order valence-corrected chi connectivity index (χ0v) is 14.9. The number of likely N-dealkylation sites (N-methyl/N-ethyl adjacent to an activating group) is 1. The number of nitrogens with one attached hydrogen (secondary N) is 1. The lowest BCUT2D eigenvalue weighted by molar-refractivity contribution is -0.148. The third-order valence-corrected chi connectivity index (χ3v) is 3.68. The lowest BCUT2D eigenvalue weighted by Gasteiger charge is -2.24. The number of carbonyl (C=O) groups is 4. The molecule has 0 aromatic rings. The minimum Gasteiger partial charge on any atom is -0.481 e. The first-order valence-corrected chi connectivity index (χ1v) is 8.06. The van der Waals surface area contributed by atoms with Crippen molar-refractivity contribution in [2.45, 2.75) is 38.3 Å². The normalized spacial score (nSPS) is 15.8. The first-order chi connectivity index (χ1) is 12.0. The number of amides is 2. The third kappa shape index (κ3) is 9.42. The molecule has 0 aromatic carbocycles. The monoisotopic (exact) mass is 376 g/mol. The van der Waals surface area contributed by atoms with E-state index in [-0.39, 0.29) is 13.2 Å². The first kappa shape index (κ1) is 23.9. The second-order valence-corrected chi connectivity index (χ2v) is 6.30. The van der Waals surface area contributed by atoms with E-state index in [1.807, 2.05) is 0 Å². The number of hydrogen-bond donors (Lipinski definition) is 6. The van der Waals surface area contributed by atoms with Crippen LogP contribution < -0.4 is 16.9 Å². The minimum atomic E-state index is -1.33. The number of Topliss-reactive ketones (excluding diaryl/α,β-unsaturated/α-hetero) is 1. The van der Waals surface area contributed by atoms with Crippen molar-refractivity contribution in [3.05, 3.63) is 0 Å². The zero-order valence-electron chi connectivity index (χ0n) is 14.9. The number of rotatable bonds is 13. The van der Waals surface area contributed by atoms with Gasteiger partial charge in [-0.25, -0.2) is 5.01 Å². The van der Waals surface area contributed by atoms with Crippen molar-refractivity contribution in [3.63, 3.8) is 0 Å². The molecule has 11 heteroatoms. The Morgan fingerprint density at radius 2 is 1.73 bits per heavy atom. The average Bonchev–Trinajstić information content (AvgIpc) is 2.50. The summed E-state index contributed by atoms with van der Waals surface area (Å²) in [4.78, 5) is 46.6. The van der Waals surface area contributed by atoms with Crippen LogP contribution in [-0.4, -0.2) is 76.2 Å². The van der Waals surface area contributed by atoms with Gasteiger partial charge in [-0.1, -0.05) is 0 Å². The molecule has 0 heterocycles. The summed E-state index contributed by atoms with van der Waals surface area (Å²) in [5.74, 6) is -5.76. The van der Waals surface area contributed by atoms with Crippen LogP contribution in [0.1, 0.15) is 26.2 Å². The number of carboxylic acids is 1. The van der Waals surface area contributed by atoms with Crippen LogP contribution in [0.25, 0.3) is 0 Å². The molecule has 0 fully saturated rings. The van der Waals surface area contributed by atoms with Gasteiger partial charge in [0, 0.05) is 38.9 Å². The Hall–Kier alpha value is -2.08. The highest BCUT2D eigenvalue weighted by molar-refractivity contribution is 5.91. The number of nitrogens with two attached hydrogens (primary N) is 2. The molecule has 4 atom stereocenters. The topological polar surface area (TPSA) is 196 Å². The number of ketones is 1. The number of carbonyl (C=O) groups excluding carboxylic acids is 3. The van der Waals surface area contributed by atoms with Crippen LogP contribution in [-0.2, 0) is 19.2 Å². The molecule has 0 spiro atoms. The number of carboxylic acid groups (broad SMARTS) is 1. The number of aliphatic hydroxyl groups is 2. The number of hydrogen-bond acceptors (Lipinski definition) is 8. The Bertz CT molecular complexity index is 512. The lowest BCUT2D eigenvalue weighted by atomic mass is 9.90. The predicted molar refractivity (Wildman–Crippen MR) is 90.2 cm³/mol. The molecule has 0 aliphatic rings. The molecule has 0 bridgehead atoms. The number of hydrazine groups is 1. The van der Waals surface area contributed by atoms with Crippen LogP contribution >= 0.6 is 0 Å². The van der Waals surface area contributed by atoms with Crippen LogP contribution in [0.5, 0.6) is 0 Å². The van der Waals surface area contributed by atoms with E-state index in [9.17, 15) is 24.3 Å². The van der Waals surface area contributed by atoms with Crippen molar-refractivity contribution < 1.29 is 34.5 Å². The van der Waals surface area contributed by atoms with Crippen molar-refractivity contribution in [2.75, 3.05) is 20.2 Å². The molecule has 0 aliphatic heterocycles. The molecule has 0 aliphatic carbocycles. The van der Waals surface area contributed by atoms with Gasteiger partial charge in [0.15, 0.2) is 0 Å². The standard InChI is InChI=1S/C15H28N4O7/c1-8(21)12(15(25)26)5-11(22)3-9(4-13(17)23)14(24)18-19(2)6-10(16)7-20/h8-10,12,20-21H,3-7,16H2,1-2H3,(H2,17,23)(H,18,24)(H,25,26)/t8?,9-,10+,12-/m0/s1. The van der Waals surface area contributed by atoms with Gasteiger partial charge in [-0.3, -0.25) is 24.6 Å². The molecule has 26 heavy (non-hydrogen) atoms. The summed E-state index contributed by atoms with van der Waals surface area (Å²) in [6.07, 6.45) is -2.51. The Balaban J connectivity index is 4.92. The fourth-order valence-electron chi connectivity index (χ4n) is 2.30. The minimum absolute atomic E-state index is 0.128. The molecule has 150 valence electrons. The fourth-order valence-corrected chi connectivity index (χ4v) is 2.30. The summed E-state index contributed by atoms with van der Waals surface area (Å²) in [6, 6.07) is -0.598. The summed E-state index contributed by atoms with van der Waals surface area (Å²) in [5, 5.41) is 28.6. The largest absolute Gasteiger partial charge is 0.481 e. The quantitative estimate of drug-likeness (QED) is 0.184. The van der Waals surface area contributed by atoms with E-state index in [4.69, 9.17) is 21.7 Å². The van der Waals surface area contributed by atoms with E-state index in [1.165, 1.54) is 19.0 Å². The maximum absolute atomic E-state index is 12.3. The Labute approximate surface area is 151 Å². The molecule has 0 saturated carbocycles. The number of nitrogens with zero attached hydrogens (tertiary/aromatic N) is 1. The summed E-state index contributed by atoms with van der Waals surface area (Å²) >= 11 is 0. The molecule has 0 saturated heterocycles. The van der Waals surface area contributed by atoms with E-state index in [0.29, 0.717) is 0 Å². The molecular weight excluding hydrogens is 348 g/mol. The number of aliphatic hydroxyl groups excluding tert-OH is 2. The highest BCUT2D eigenvalue weighted by Gasteiger charge is 2.30. The maximum Gasteiger partial charge on any atom is 0.309 e. The van der Waals surface area contributed by atoms with Gasteiger partial charge >= 0.3 is 5.97 Å². The predicted octanol–water partition coefficient (Wildman–Crippen LogP) is -2.81. The van der Waals surface area contributed by atoms with Gasteiger partial charge in [0.25, 0.3) is 0 Å². The van der Waals surface area contributed by atoms with Gasteiger partial charge in [-0.15, -0.1) is 0 Å². The van der Waals surface area contributed by atoms with Crippen LogP contribution in [0.15, 0.2) is 0 Å².